The van der Waals surface area contributed by atoms with E-state index in [0.29, 0.717) is 11.1 Å². The van der Waals surface area contributed by atoms with Gasteiger partial charge in [-0.05, 0) is 47.5 Å². The molecule has 3 rings (SSSR count). The quantitative estimate of drug-likeness (QED) is 0.183. The van der Waals surface area contributed by atoms with Gasteiger partial charge in [0.2, 0.25) is 5.60 Å². The Balaban J connectivity index is 1.72. The van der Waals surface area contributed by atoms with Crippen LogP contribution in [0.4, 0.5) is 0 Å². The van der Waals surface area contributed by atoms with Gasteiger partial charge in [0.05, 0.1) is 6.10 Å². The molecule has 190 valence electrons. The summed E-state index contributed by atoms with van der Waals surface area (Å²) in [4.78, 5) is 36.7. The highest BCUT2D eigenvalue weighted by Crippen LogP contribution is 2.35. The van der Waals surface area contributed by atoms with E-state index in [0.717, 1.165) is 18.2 Å². The van der Waals surface area contributed by atoms with Crippen molar-refractivity contribution in [1.29, 1.82) is 0 Å². The Morgan fingerprint density at radius 1 is 0.833 bits per heavy atom. The third-order valence-electron chi connectivity index (χ3n) is 5.51. The first-order chi connectivity index (χ1) is 17.0. The molecule has 0 saturated heterocycles. The number of aliphatic hydroxyl groups is 2. The van der Waals surface area contributed by atoms with Gasteiger partial charge in [-0.1, -0.05) is 18.2 Å². The molecule has 0 aromatic heterocycles. The summed E-state index contributed by atoms with van der Waals surface area (Å²) in [6.07, 6.45) is -1.62. The number of rotatable bonds is 7. The third-order valence-corrected chi connectivity index (χ3v) is 5.51. The minimum absolute atomic E-state index is 0.0321. The van der Waals surface area contributed by atoms with Crippen LogP contribution in [0.2, 0.25) is 0 Å². The largest absolute Gasteiger partial charge is 0.508 e. The van der Waals surface area contributed by atoms with Crippen LogP contribution in [0.1, 0.15) is 24.0 Å². The number of phenolic OH excluding ortho intramolecular Hbond substituents is 3. The van der Waals surface area contributed by atoms with Crippen molar-refractivity contribution >= 4 is 30.1 Å². The van der Waals surface area contributed by atoms with E-state index in [9.17, 15) is 45.0 Å². The Morgan fingerprint density at radius 2 is 1.44 bits per heavy atom. The van der Waals surface area contributed by atoms with E-state index in [1.807, 2.05) is 0 Å². The first kappa shape index (κ1) is 26.3. The van der Waals surface area contributed by atoms with Gasteiger partial charge in [-0.3, -0.25) is 0 Å². The minimum atomic E-state index is -2.30. The number of esters is 2. The molecule has 0 unspecified atom stereocenters. The highest BCUT2D eigenvalue weighted by atomic mass is 16.6. The van der Waals surface area contributed by atoms with Crippen molar-refractivity contribution in [2.45, 2.75) is 36.8 Å². The first-order valence-electron chi connectivity index (χ1n) is 10.7. The van der Waals surface area contributed by atoms with Gasteiger partial charge in [0.1, 0.15) is 18.0 Å². The summed E-state index contributed by atoms with van der Waals surface area (Å²) in [5.41, 5.74) is -1.45. The molecule has 1 saturated carbocycles. The van der Waals surface area contributed by atoms with E-state index >= 15 is 0 Å². The SMILES string of the molecule is O=C(C=Cc1ccc(O)cc1)O[C@@H]1C[C@](OC(=O)C=Cc2ccc(O)c(O)c2)(C(=O)O)C[C@@H](O)[C@H]1O. The van der Waals surface area contributed by atoms with Crippen LogP contribution >= 0.6 is 0 Å². The van der Waals surface area contributed by atoms with Gasteiger partial charge in [0.25, 0.3) is 0 Å². The summed E-state index contributed by atoms with van der Waals surface area (Å²) in [6.45, 7) is 0. The third kappa shape index (κ3) is 6.40. The number of carboxylic acids is 1. The van der Waals surface area contributed by atoms with Crippen LogP contribution in [-0.4, -0.2) is 72.5 Å². The number of aliphatic carboxylic acids is 1. The number of aliphatic hydroxyl groups excluding tert-OH is 2. The second-order valence-corrected chi connectivity index (χ2v) is 8.17. The van der Waals surface area contributed by atoms with E-state index in [2.05, 4.69) is 0 Å². The van der Waals surface area contributed by atoms with Gasteiger partial charge in [0.15, 0.2) is 11.5 Å². The Kier molecular flexibility index (Phi) is 7.97. The number of hydrogen-bond donors (Lipinski definition) is 6. The zero-order valence-corrected chi connectivity index (χ0v) is 18.7. The van der Waals surface area contributed by atoms with Crippen LogP contribution in [0, 0.1) is 0 Å². The fraction of sp³-hybridized carbons (Fsp3) is 0.240. The van der Waals surface area contributed by atoms with Gasteiger partial charge >= 0.3 is 17.9 Å². The van der Waals surface area contributed by atoms with Crippen molar-refractivity contribution in [1.82, 2.24) is 0 Å². The summed E-state index contributed by atoms with van der Waals surface area (Å²) in [5.74, 6) is -4.43. The zero-order valence-electron chi connectivity index (χ0n) is 18.7. The molecule has 0 heterocycles. The van der Waals surface area contributed by atoms with Gasteiger partial charge in [-0.15, -0.1) is 0 Å². The van der Waals surface area contributed by atoms with Gasteiger partial charge in [0, 0.05) is 25.0 Å². The van der Waals surface area contributed by atoms with Gasteiger partial charge in [-0.2, -0.15) is 0 Å². The molecule has 1 aliphatic carbocycles. The van der Waals surface area contributed by atoms with Crippen LogP contribution < -0.4 is 0 Å². The standard InChI is InChI=1S/C25H24O11/c26-16-6-1-14(2-7-16)4-9-21(30)35-20-13-25(24(33)34,12-19(29)23(20)32)36-22(31)10-5-15-3-8-17(27)18(28)11-15/h1-11,19-20,23,26-29,32H,12-13H2,(H,33,34)/t19-,20-,23-,25+/m1/s1. The molecule has 0 radical (unpaired) electrons. The second kappa shape index (κ2) is 10.9. The molecule has 0 amide bonds. The Labute approximate surface area is 204 Å². The number of phenols is 3. The summed E-state index contributed by atoms with van der Waals surface area (Å²) < 4.78 is 10.3. The number of carbonyl (C=O) groups excluding carboxylic acids is 2. The van der Waals surface area contributed by atoms with Gasteiger partial charge < -0.3 is 40.1 Å². The van der Waals surface area contributed by atoms with Crippen LogP contribution in [-0.2, 0) is 23.9 Å². The van der Waals surface area contributed by atoms with E-state index in [1.54, 1.807) is 0 Å². The molecule has 11 nitrogen and oxygen atoms in total. The number of benzene rings is 2. The van der Waals surface area contributed by atoms with Crippen LogP contribution in [0.3, 0.4) is 0 Å². The maximum atomic E-state index is 12.4. The molecule has 0 spiro atoms. The lowest BCUT2D eigenvalue weighted by Gasteiger charge is -2.41. The summed E-state index contributed by atoms with van der Waals surface area (Å²) in [6, 6.07) is 9.59. The van der Waals surface area contributed by atoms with E-state index < -0.39 is 60.4 Å². The smallest absolute Gasteiger partial charge is 0.348 e. The summed E-state index contributed by atoms with van der Waals surface area (Å²) >= 11 is 0. The number of hydrogen-bond acceptors (Lipinski definition) is 10. The van der Waals surface area contributed by atoms with Gasteiger partial charge in [-0.25, -0.2) is 14.4 Å². The molecule has 1 aliphatic rings. The van der Waals surface area contributed by atoms with Crippen LogP contribution in [0.25, 0.3) is 12.2 Å². The number of ether oxygens (including phenoxy) is 2. The Hall–Kier alpha value is -4.35. The van der Waals surface area contributed by atoms with E-state index in [4.69, 9.17) is 9.47 Å². The van der Waals surface area contributed by atoms with Crippen molar-refractivity contribution in [2.75, 3.05) is 0 Å². The molecule has 11 heteroatoms. The predicted octanol–water partition coefficient (Wildman–Crippen LogP) is 1.32. The average Bonchev–Trinajstić information content (AvgIpc) is 2.82. The monoisotopic (exact) mass is 500 g/mol. The topological polar surface area (TPSA) is 191 Å². The van der Waals surface area contributed by atoms with E-state index in [1.165, 1.54) is 48.6 Å². The molecule has 2 aromatic rings. The lowest BCUT2D eigenvalue weighted by Crippen LogP contribution is -2.58. The molecule has 2 aromatic carbocycles. The lowest BCUT2D eigenvalue weighted by atomic mass is 9.79. The molecule has 0 aliphatic heterocycles. The van der Waals surface area contributed by atoms with Crippen molar-refractivity contribution in [3.05, 3.63) is 65.7 Å². The van der Waals surface area contributed by atoms with Crippen LogP contribution in [0.5, 0.6) is 17.2 Å². The molecule has 36 heavy (non-hydrogen) atoms. The van der Waals surface area contributed by atoms with Crippen molar-refractivity contribution in [3.63, 3.8) is 0 Å². The minimum Gasteiger partial charge on any atom is -0.508 e. The molecular formula is C25H24O11. The molecule has 0 bridgehead atoms. The van der Waals surface area contributed by atoms with Crippen molar-refractivity contribution in [3.8, 4) is 17.2 Å². The number of aromatic hydroxyl groups is 3. The molecule has 4 atom stereocenters. The number of carboxylic acid groups (broad SMARTS) is 1. The predicted molar refractivity (Wildman–Crippen MR) is 124 cm³/mol. The first-order valence-corrected chi connectivity index (χ1v) is 10.7. The molecule has 6 N–H and O–H groups in total. The normalized spacial score (nSPS) is 24.0. The fourth-order valence-electron chi connectivity index (χ4n) is 3.62. The Morgan fingerprint density at radius 3 is 2.08 bits per heavy atom. The maximum absolute atomic E-state index is 12.4. The summed E-state index contributed by atoms with van der Waals surface area (Å²) in [5, 5.41) is 58.5. The fourth-order valence-corrected chi connectivity index (χ4v) is 3.62. The molecular weight excluding hydrogens is 476 g/mol. The summed E-state index contributed by atoms with van der Waals surface area (Å²) in [7, 11) is 0. The maximum Gasteiger partial charge on any atom is 0.348 e. The number of carbonyl (C=O) groups is 3. The zero-order chi connectivity index (χ0) is 26.5. The molecule has 1 fully saturated rings. The van der Waals surface area contributed by atoms with Crippen LogP contribution in [0.15, 0.2) is 54.6 Å². The van der Waals surface area contributed by atoms with Crippen molar-refractivity contribution < 1.29 is 54.5 Å². The van der Waals surface area contributed by atoms with E-state index in [-0.39, 0.29) is 11.5 Å². The Bertz CT molecular complexity index is 1180. The average molecular weight is 500 g/mol. The second-order valence-electron chi connectivity index (χ2n) is 8.17. The van der Waals surface area contributed by atoms with Crippen molar-refractivity contribution in [2.24, 2.45) is 0 Å². The highest BCUT2D eigenvalue weighted by Gasteiger charge is 2.54. The lowest BCUT2D eigenvalue weighted by molar-refractivity contribution is -0.207. The highest BCUT2D eigenvalue weighted by molar-refractivity contribution is 5.91.